The quantitative estimate of drug-likeness (QED) is 0.354. The van der Waals surface area contributed by atoms with E-state index in [9.17, 15) is 16.8 Å². The van der Waals surface area contributed by atoms with Crippen LogP contribution in [0.5, 0.6) is 0 Å². The Hall–Kier alpha value is 3.09. The van der Waals surface area contributed by atoms with Crippen LogP contribution < -0.4 is 0 Å². The van der Waals surface area contributed by atoms with Crippen LogP contribution in [0, 0.1) is 0 Å². The molecule has 10 heteroatoms. The second-order valence-electron chi connectivity index (χ2n) is 2.28. The fraction of sp³-hybridized carbons (Fsp3) is 1.00. The van der Waals surface area contributed by atoms with Crippen LogP contribution in [-0.4, -0.2) is 140 Å². The number of unbranched alkanes of at least 4 members (excludes halogenated alkanes) is 1. The van der Waals surface area contributed by atoms with Gasteiger partial charge in [-0.3, -0.25) is 9.11 Å². The molecule has 0 amide bonds. The Balaban J connectivity index is -0.000000605. The summed E-state index contributed by atoms with van der Waals surface area (Å²) in [7, 11) is -8.04. The van der Waals surface area contributed by atoms with Crippen molar-refractivity contribution in [3.05, 3.63) is 0 Å². The standard InChI is InChI=1S/C4H10O6S2.2K.2H/c5-11(6,7)3-1-2-4-12(8,9)10;;;;/h1-4H2,(H,5,6,7)(H,8,9,10);;;;. The molecule has 0 heterocycles. The van der Waals surface area contributed by atoms with Gasteiger partial charge < -0.3 is 0 Å². The summed E-state index contributed by atoms with van der Waals surface area (Å²) in [6, 6.07) is 0. The minimum atomic E-state index is -4.02. The molecule has 14 heavy (non-hydrogen) atoms. The van der Waals surface area contributed by atoms with Gasteiger partial charge in [0.25, 0.3) is 20.2 Å². The molecule has 0 bridgehead atoms. The Kier molecular flexibility index (Phi) is 16.0. The van der Waals surface area contributed by atoms with Crippen LogP contribution in [-0.2, 0) is 20.2 Å². The molecular formula is C4H12K2O6S2. The van der Waals surface area contributed by atoms with Gasteiger partial charge in [-0.1, -0.05) is 0 Å². The van der Waals surface area contributed by atoms with Gasteiger partial charge in [0.1, 0.15) is 0 Å². The Bertz CT molecular complexity index is 286. The van der Waals surface area contributed by atoms with Crippen molar-refractivity contribution in [2.24, 2.45) is 0 Å². The van der Waals surface area contributed by atoms with E-state index in [2.05, 4.69) is 0 Å². The third-order valence-corrected chi connectivity index (χ3v) is 2.66. The molecule has 2 N–H and O–H groups in total. The molecule has 78 valence electrons. The predicted molar refractivity (Wildman–Crippen MR) is 56.4 cm³/mol. The monoisotopic (exact) mass is 298 g/mol. The van der Waals surface area contributed by atoms with Crippen LogP contribution in [0.1, 0.15) is 12.8 Å². The molecule has 0 rings (SSSR count). The molecule has 0 atom stereocenters. The molecule has 0 aromatic rings. The first-order valence-electron chi connectivity index (χ1n) is 3.11. The molecule has 6 nitrogen and oxygen atoms in total. The van der Waals surface area contributed by atoms with Gasteiger partial charge in [-0.15, -0.1) is 0 Å². The molecule has 0 saturated carbocycles. The van der Waals surface area contributed by atoms with Gasteiger partial charge in [-0.2, -0.15) is 16.8 Å². The summed E-state index contributed by atoms with van der Waals surface area (Å²) in [6.07, 6.45) is 0.0250. The first-order chi connectivity index (χ1) is 5.21. The van der Waals surface area contributed by atoms with Crippen LogP contribution in [0.25, 0.3) is 0 Å². The summed E-state index contributed by atoms with van der Waals surface area (Å²) in [4.78, 5) is 0. The maximum absolute atomic E-state index is 10.1. The van der Waals surface area contributed by atoms with Gasteiger partial charge in [0.05, 0.1) is 11.5 Å². The fourth-order valence-corrected chi connectivity index (χ4v) is 1.71. The van der Waals surface area contributed by atoms with E-state index in [1.807, 2.05) is 0 Å². The Morgan fingerprint density at radius 3 is 1.07 bits per heavy atom. The second kappa shape index (κ2) is 10.1. The molecule has 0 saturated heterocycles. The predicted octanol–water partition coefficient (Wildman–Crippen LogP) is -1.75. The summed E-state index contributed by atoms with van der Waals surface area (Å²) in [5.74, 6) is -0.967. The molecule has 0 fully saturated rings. The zero-order chi connectivity index (χ0) is 9.83. The van der Waals surface area contributed by atoms with Gasteiger partial charge in [-0.05, 0) is 12.8 Å². The van der Waals surface area contributed by atoms with Crippen molar-refractivity contribution in [3.8, 4) is 0 Å². The molecule has 0 unspecified atom stereocenters. The summed E-state index contributed by atoms with van der Waals surface area (Å²) in [6.45, 7) is 0. The zero-order valence-electron chi connectivity index (χ0n) is 6.17. The second-order valence-corrected chi connectivity index (χ2v) is 5.42. The molecule has 0 aliphatic rings. The third-order valence-electron chi connectivity index (χ3n) is 1.05. The molecule has 0 aromatic carbocycles. The molecule has 0 aliphatic carbocycles. The van der Waals surface area contributed by atoms with Crippen molar-refractivity contribution in [1.29, 1.82) is 0 Å². The number of rotatable bonds is 5. The van der Waals surface area contributed by atoms with E-state index < -0.39 is 31.7 Å². The Labute approximate surface area is 169 Å². The van der Waals surface area contributed by atoms with Crippen molar-refractivity contribution in [2.45, 2.75) is 12.8 Å². The average molecular weight is 298 g/mol. The number of hydrogen-bond acceptors (Lipinski definition) is 4. The van der Waals surface area contributed by atoms with E-state index >= 15 is 0 Å². The summed E-state index contributed by atoms with van der Waals surface area (Å²) in [5, 5.41) is 0. The summed E-state index contributed by atoms with van der Waals surface area (Å²) in [5.41, 5.74) is 0. The first kappa shape index (κ1) is 22.3. The SMILES string of the molecule is O=S(=O)(O)CCCCS(=O)(=O)O.[KH].[KH]. The van der Waals surface area contributed by atoms with E-state index in [1.165, 1.54) is 0 Å². The van der Waals surface area contributed by atoms with Gasteiger partial charge in [0, 0.05) is 0 Å². The van der Waals surface area contributed by atoms with E-state index in [-0.39, 0.29) is 116 Å². The topological polar surface area (TPSA) is 109 Å². The normalized spacial score (nSPS) is 11.3. The van der Waals surface area contributed by atoms with Gasteiger partial charge >= 0.3 is 103 Å². The first-order valence-corrected chi connectivity index (χ1v) is 6.33. The van der Waals surface area contributed by atoms with Gasteiger partial charge in [0.15, 0.2) is 0 Å². The van der Waals surface area contributed by atoms with Crippen molar-refractivity contribution in [1.82, 2.24) is 0 Å². The fourth-order valence-electron chi connectivity index (χ4n) is 0.569. The maximum atomic E-state index is 10.1. The van der Waals surface area contributed by atoms with Crippen molar-refractivity contribution in [2.75, 3.05) is 11.5 Å². The molecular weight excluding hydrogens is 286 g/mol. The average Bonchev–Trinajstić information content (AvgIpc) is 1.76. The van der Waals surface area contributed by atoms with Crippen LogP contribution >= 0.6 is 0 Å². The van der Waals surface area contributed by atoms with Crippen molar-refractivity contribution >= 4 is 123 Å². The van der Waals surface area contributed by atoms with E-state index in [0.29, 0.717) is 0 Å². The molecule has 0 radical (unpaired) electrons. The summed E-state index contributed by atoms with van der Waals surface area (Å²) < 4.78 is 56.8. The van der Waals surface area contributed by atoms with Gasteiger partial charge in [0.2, 0.25) is 0 Å². The Morgan fingerprint density at radius 2 is 0.929 bits per heavy atom. The van der Waals surface area contributed by atoms with Crippen molar-refractivity contribution in [3.63, 3.8) is 0 Å². The van der Waals surface area contributed by atoms with Crippen LogP contribution in [0.2, 0.25) is 0 Å². The third kappa shape index (κ3) is 20.5. The summed E-state index contributed by atoms with van der Waals surface area (Å²) >= 11 is 0. The van der Waals surface area contributed by atoms with Crippen LogP contribution in [0.3, 0.4) is 0 Å². The minimum absolute atomic E-state index is 0. The molecule has 0 aliphatic heterocycles. The van der Waals surface area contributed by atoms with Crippen molar-refractivity contribution < 1.29 is 25.9 Å². The number of hydrogen-bond donors (Lipinski definition) is 2. The van der Waals surface area contributed by atoms with Crippen LogP contribution in [0.15, 0.2) is 0 Å². The molecule has 0 aromatic heterocycles. The van der Waals surface area contributed by atoms with Crippen LogP contribution in [0.4, 0.5) is 0 Å². The Morgan fingerprint density at radius 1 is 0.714 bits per heavy atom. The molecule has 0 spiro atoms. The van der Waals surface area contributed by atoms with E-state index in [4.69, 9.17) is 9.11 Å². The van der Waals surface area contributed by atoms with Gasteiger partial charge in [-0.25, -0.2) is 0 Å². The van der Waals surface area contributed by atoms with E-state index in [0.717, 1.165) is 0 Å². The van der Waals surface area contributed by atoms with E-state index in [1.54, 1.807) is 0 Å². The zero-order valence-corrected chi connectivity index (χ0v) is 7.81.